The summed E-state index contributed by atoms with van der Waals surface area (Å²) in [5.74, 6) is 0.607. The molecule has 1 aliphatic heterocycles. The van der Waals surface area contributed by atoms with Gasteiger partial charge in [0.1, 0.15) is 0 Å². The summed E-state index contributed by atoms with van der Waals surface area (Å²) in [6.45, 7) is 0.973. The minimum atomic E-state index is -3.37. The zero-order valence-corrected chi connectivity index (χ0v) is 14.4. The highest BCUT2D eigenvalue weighted by molar-refractivity contribution is 7.89. The molecule has 124 valence electrons. The van der Waals surface area contributed by atoms with Crippen LogP contribution in [0.1, 0.15) is 50.0 Å². The first-order valence-corrected chi connectivity index (χ1v) is 9.37. The summed E-state index contributed by atoms with van der Waals surface area (Å²) in [6, 6.07) is 7.51. The van der Waals surface area contributed by atoms with Crippen LogP contribution < -0.4 is 5.73 Å². The molecule has 0 radical (unpaired) electrons. The lowest BCUT2D eigenvalue weighted by Crippen LogP contribution is -2.31. The largest absolute Gasteiger partial charge is 0.326 e. The molecule has 0 bridgehead atoms. The standard InChI is InChI=1S/C16H24N2O2S.ClH/c17-15-10-11-18(12-15)21(19,20)16-8-6-14(7-9-16)13-4-2-1-3-5-13;/h6-9,13,15H,1-5,10-12,17H2;1H/t15-;/m1./s1. The van der Waals surface area contributed by atoms with Crippen molar-refractivity contribution in [3.63, 3.8) is 0 Å². The molecule has 1 aromatic carbocycles. The molecule has 2 N–H and O–H groups in total. The van der Waals surface area contributed by atoms with Crippen molar-refractivity contribution < 1.29 is 8.42 Å². The fraction of sp³-hybridized carbons (Fsp3) is 0.625. The summed E-state index contributed by atoms with van der Waals surface area (Å²) in [5.41, 5.74) is 7.10. The number of rotatable bonds is 3. The van der Waals surface area contributed by atoms with E-state index in [4.69, 9.17) is 5.73 Å². The van der Waals surface area contributed by atoms with Crippen LogP contribution in [0.5, 0.6) is 0 Å². The van der Waals surface area contributed by atoms with E-state index in [1.54, 1.807) is 12.1 Å². The van der Waals surface area contributed by atoms with E-state index in [9.17, 15) is 8.42 Å². The molecular weight excluding hydrogens is 320 g/mol. The van der Waals surface area contributed by atoms with E-state index in [0.29, 0.717) is 23.9 Å². The van der Waals surface area contributed by atoms with Crippen molar-refractivity contribution in [3.05, 3.63) is 29.8 Å². The Kier molecular flexibility index (Phi) is 5.88. The Morgan fingerprint density at radius 3 is 2.18 bits per heavy atom. The predicted octanol–water partition coefficient (Wildman–Crippen LogP) is 2.88. The topological polar surface area (TPSA) is 63.4 Å². The first kappa shape index (κ1) is 17.7. The van der Waals surface area contributed by atoms with Gasteiger partial charge in [0.15, 0.2) is 0 Å². The molecule has 1 aliphatic carbocycles. The highest BCUT2D eigenvalue weighted by atomic mass is 35.5. The van der Waals surface area contributed by atoms with Crippen LogP contribution in [-0.4, -0.2) is 31.9 Å². The molecule has 1 saturated heterocycles. The Balaban J connectivity index is 0.00000176. The van der Waals surface area contributed by atoms with E-state index in [0.717, 1.165) is 6.42 Å². The molecule has 1 atom stereocenters. The van der Waals surface area contributed by atoms with E-state index >= 15 is 0 Å². The first-order chi connectivity index (χ1) is 10.1. The second-order valence-electron chi connectivity index (χ2n) is 6.32. The first-order valence-electron chi connectivity index (χ1n) is 7.93. The van der Waals surface area contributed by atoms with Crippen molar-refractivity contribution >= 4 is 22.4 Å². The molecule has 0 aromatic heterocycles. The van der Waals surface area contributed by atoms with Crippen LogP contribution in [0.15, 0.2) is 29.2 Å². The Labute approximate surface area is 139 Å². The second-order valence-corrected chi connectivity index (χ2v) is 8.25. The molecule has 2 aliphatic rings. The zero-order chi connectivity index (χ0) is 14.9. The van der Waals surface area contributed by atoms with Crippen molar-refractivity contribution in [1.82, 2.24) is 4.31 Å². The van der Waals surface area contributed by atoms with E-state index < -0.39 is 10.0 Å². The van der Waals surface area contributed by atoms with Gasteiger partial charge in [-0.3, -0.25) is 0 Å². The normalized spacial score (nSPS) is 24.1. The average molecular weight is 345 g/mol. The van der Waals surface area contributed by atoms with Crippen molar-refractivity contribution in [2.45, 2.75) is 55.4 Å². The number of sulfonamides is 1. The van der Waals surface area contributed by atoms with Crippen molar-refractivity contribution in [2.75, 3.05) is 13.1 Å². The molecule has 22 heavy (non-hydrogen) atoms. The third-order valence-electron chi connectivity index (χ3n) is 4.78. The van der Waals surface area contributed by atoms with Crippen LogP contribution in [-0.2, 0) is 10.0 Å². The second kappa shape index (κ2) is 7.30. The van der Waals surface area contributed by atoms with Gasteiger partial charge in [-0.25, -0.2) is 8.42 Å². The van der Waals surface area contributed by atoms with Gasteiger partial charge in [-0.15, -0.1) is 12.4 Å². The lowest BCUT2D eigenvalue weighted by Gasteiger charge is -2.22. The van der Waals surface area contributed by atoms with Gasteiger partial charge in [0.2, 0.25) is 10.0 Å². The SMILES string of the molecule is Cl.N[C@@H]1CCN(S(=O)(=O)c2ccc(C3CCCCC3)cc2)C1. The van der Waals surface area contributed by atoms with Crippen LogP contribution in [0.2, 0.25) is 0 Å². The summed E-state index contributed by atoms with van der Waals surface area (Å²) >= 11 is 0. The van der Waals surface area contributed by atoms with Gasteiger partial charge >= 0.3 is 0 Å². The molecule has 0 amide bonds. The highest BCUT2D eigenvalue weighted by Gasteiger charge is 2.30. The molecule has 1 heterocycles. The Bertz CT molecular complexity index is 583. The van der Waals surface area contributed by atoms with Crippen LogP contribution in [0, 0.1) is 0 Å². The summed E-state index contributed by atoms with van der Waals surface area (Å²) in [5, 5.41) is 0. The quantitative estimate of drug-likeness (QED) is 0.917. The maximum absolute atomic E-state index is 12.5. The maximum Gasteiger partial charge on any atom is 0.243 e. The van der Waals surface area contributed by atoms with E-state index in [1.807, 2.05) is 12.1 Å². The van der Waals surface area contributed by atoms with Gasteiger partial charge in [0.25, 0.3) is 0 Å². The van der Waals surface area contributed by atoms with E-state index in [1.165, 1.54) is 42.0 Å². The van der Waals surface area contributed by atoms with Crippen LogP contribution in [0.4, 0.5) is 0 Å². The summed E-state index contributed by atoms with van der Waals surface area (Å²) in [7, 11) is -3.37. The van der Waals surface area contributed by atoms with E-state index in [-0.39, 0.29) is 18.4 Å². The maximum atomic E-state index is 12.5. The summed E-state index contributed by atoms with van der Waals surface area (Å²) in [4.78, 5) is 0.399. The number of hydrogen-bond acceptors (Lipinski definition) is 3. The third-order valence-corrected chi connectivity index (χ3v) is 6.66. The van der Waals surface area contributed by atoms with E-state index in [2.05, 4.69) is 0 Å². The molecule has 1 aromatic rings. The van der Waals surface area contributed by atoms with Gasteiger partial charge in [0, 0.05) is 19.1 Å². The molecular formula is C16H25ClN2O2S. The Morgan fingerprint density at radius 1 is 1.00 bits per heavy atom. The van der Waals surface area contributed by atoms with Crippen LogP contribution in [0.25, 0.3) is 0 Å². The molecule has 0 unspecified atom stereocenters. The van der Waals surface area contributed by atoms with Crippen molar-refractivity contribution in [2.24, 2.45) is 5.73 Å². The molecule has 4 nitrogen and oxygen atoms in total. The number of halogens is 1. The number of hydrogen-bond donors (Lipinski definition) is 1. The average Bonchev–Trinajstić information content (AvgIpc) is 2.96. The fourth-order valence-corrected chi connectivity index (χ4v) is 4.98. The minimum Gasteiger partial charge on any atom is -0.326 e. The van der Waals surface area contributed by atoms with Gasteiger partial charge < -0.3 is 5.73 Å². The lowest BCUT2D eigenvalue weighted by molar-refractivity contribution is 0.443. The summed E-state index contributed by atoms with van der Waals surface area (Å²) < 4.78 is 26.6. The number of benzene rings is 1. The van der Waals surface area contributed by atoms with Gasteiger partial charge in [0.05, 0.1) is 4.90 Å². The zero-order valence-electron chi connectivity index (χ0n) is 12.8. The highest BCUT2D eigenvalue weighted by Crippen LogP contribution is 2.33. The minimum absolute atomic E-state index is 0. The van der Waals surface area contributed by atoms with Gasteiger partial charge in [-0.1, -0.05) is 31.4 Å². The Hall–Kier alpha value is -0.620. The summed E-state index contributed by atoms with van der Waals surface area (Å²) in [6.07, 6.45) is 7.12. The molecule has 6 heteroatoms. The molecule has 2 fully saturated rings. The smallest absolute Gasteiger partial charge is 0.243 e. The Morgan fingerprint density at radius 2 is 1.64 bits per heavy atom. The monoisotopic (exact) mass is 344 g/mol. The van der Waals surface area contributed by atoms with Gasteiger partial charge in [-0.2, -0.15) is 4.31 Å². The van der Waals surface area contributed by atoms with Crippen LogP contribution >= 0.6 is 12.4 Å². The van der Waals surface area contributed by atoms with Gasteiger partial charge in [-0.05, 0) is 42.9 Å². The number of nitrogens with two attached hydrogens (primary N) is 1. The predicted molar refractivity (Wildman–Crippen MR) is 90.9 cm³/mol. The van der Waals surface area contributed by atoms with Crippen molar-refractivity contribution in [3.8, 4) is 0 Å². The lowest BCUT2D eigenvalue weighted by atomic mass is 9.84. The van der Waals surface area contributed by atoms with Crippen LogP contribution in [0.3, 0.4) is 0 Å². The molecule has 1 saturated carbocycles. The fourth-order valence-electron chi connectivity index (χ4n) is 3.47. The number of nitrogens with zero attached hydrogens (tertiary/aromatic N) is 1. The molecule has 0 spiro atoms. The third kappa shape index (κ3) is 3.65. The van der Waals surface area contributed by atoms with Crippen molar-refractivity contribution in [1.29, 1.82) is 0 Å². The molecule has 3 rings (SSSR count).